The number of fused-ring (bicyclic) bond motifs is 1. The number of pyridine rings is 1. The van der Waals surface area contributed by atoms with Crippen LogP contribution >= 0.6 is 0 Å². The number of aromatic amines is 1. The number of nitrogens with one attached hydrogen (secondary N) is 1. The van der Waals surface area contributed by atoms with Gasteiger partial charge in [0, 0.05) is 29.8 Å². The van der Waals surface area contributed by atoms with Gasteiger partial charge in [0.15, 0.2) is 5.75 Å². The van der Waals surface area contributed by atoms with Crippen LogP contribution in [0.2, 0.25) is 0 Å². The Bertz CT molecular complexity index is 786. The topological polar surface area (TPSA) is 47.0 Å². The van der Waals surface area contributed by atoms with E-state index in [4.69, 9.17) is 4.74 Å². The van der Waals surface area contributed by atoms with Gasteiger partial charge in [-0.3, -0.25) is 4.79 Å². The van der Waals surface area contributed by atoms with E-state index in [1.54, 1.807) is 16.8 Å². The summed E-state index contributed by atoms with van der Waals surface area (Å²) in [5, 5.41) is 1.21. The van der Waals surface area contributed by atoms with E-state index in [1.807, 2.05) is 24.4 Å². The molecule has 3 aromatic rings. The van der Waals surface area contributed by atoms with Gasteiger partial charge in [0.2, 0.25) is 0 Å². The predicted molar refractivity (Wildman–Crippen MR) is 79.3 cm³/mol. The highest BCUT2D eigenvalue weighted by molar-refractivity contribution is 5.82. The standard InChI is InChI=1S/C16H16N2O2/c1-20-15-7-4-9-18(16(15)19)10-8-12-11-17-14-6-3-2-5-13(12)14/h2-7,9,11,17H,8,10H2,1H3. The molecule has 2 heterocycles. The van der Waals surface area contributed by atoms with Gasteiger partial charge in [-0.2, -0.15) is 0 Å². The molecule has 0 aliphatic carbocycles. The summed E-state index contributed by atoms with van der Waals surface area (Å²) < 4.78 is 6.73. The van der Waals surface area contributed by atoms with Gasteiger partial charge in [0.25, 0.3) is 5.56 Å². The number of rotatable bonds is 4. The molecule has 3 rings (SSSR count). The number of aromatic nitrogens is 2. The zero-order valence-electron chi connectivity index (χ0n) is 11.3. The highest BCUT2D eigenvalue weighted by Crippen LogP contribution is 2.18. The quantitative estimate of drug-likeness (QED) is 0.790. The average Bonchev–Trinajstić information content (AvgIpc) is 2.89. The number of ether oxygens (including phenoxy) is 1. The number of benzene rings is 1. The minimum absolute atomic E-state index is 0.0881. The fourth-order valence-electron chi connectivity index (χ4n) is 2.43. The van der Waals surface area contributed by atoms with E-state index >= 15 is 0 Å². The van der Waals surface area contributed by atoms with E-state index in [0.29, 0.717) is 12.3 Å². The molecule has 0 fully saturated rings. The van der Waals surface area contributed by atoms with Gasteiger partial charge < -0.3 is 14.3 Å². The van der Waals surface area contributed by atoms with Crippen molar-refractivity contribution in [1.29, 1.82) is 0 Å². The summed E-state index contributed by atoms with van der Waals surface area (Å²) >= 11 is 0. The molecule has 2 aromatic heterocycles. The average molecular weight is 268 g/mol. The van der Waals surface area contributed by atoms with Crippen LogP contribution in [0.3, 0.4) is 0 Å². The van der Waals surface area contributed by atoms with Crippen molar-refractivity contribution in [2.45, 2.75) is 13.0 Å². The number of H-pyrrole nitrogens is 1. The molecule has 0 atom stereocenters. The Kier molecular flexibility index (Phi) is 3.29. The lowest BCUT2D eigenvalue weighted by Gasteiger charge is -2.07. The van der Waals surface area contributed by atoms with Crippen molar-refractivity contribution >= 4 is 10.9 Å². The van der Waals surface area contributed by atoms with E-state index in [2.05, 4.69) is 17.1 Å². The van der Waals surface area contributed by atoms with Crippen molar-refractivity contribution in [2.75, 3.05) is 7.11 Å². The second kappa shape index (κ2) is 5.25. The van der Waals surface area contributed by atoms with Gasteiger partial charge in [0.1, 0.15) is 0 Å². The Balaban J connectivity index is 1.85. The molecule has 4 nitrogen and oxygen atoms in total. The van der Waals surface area contributed by atoms with Crippen LogP contribution in [0.4, 0.5) is 0 Å². The SMILES string of the molecule is COc1cccn(CCc2c[nH]c3ccccc23)c1=O. The Morgan fingerprint density at radius 3 is 2.90 bits per heavy atom. The van der Waals surface area contributed by atoms with Crippen molar-refractivity contribution in [3.8, 4) is 5.75 Å². The second-order valence-electron chi connectivity index (χ2n) is 4.68. The molecule has 0 radical (unpaired) electrons. The molecular weight excluding hydrogens is 252 g/mol. The largest absolute Gasteiger partial charge is 0.491 e. The molecule has 0 bridgehead atoms. The third-order valence-electron chi connectivity index (χ3n) is 3.50. The Morgan fingerprint density at radius 2 is 2.05 bits per heavy atom. The van der Waals surface area contributed by atoms with Gasteiger partial charge in [-0.05, 0) is 30.2 Å². The summed E-state index contributed by atoms with van der Waals surface area (Å²) in [7, 11) is 1.51. The number of nitrogens with zero attached hydrogens (tertiary/aromatic N) is 1. The fourth-order valence-corrected chi connectivity index (χ4v) is 2.43. The Hall–Kier alpha value is -2.49. The zero-order chi connectivity index (χ0) is 13.9. The lowest BCUT2D eigenvalue weighted by molar-refractivity contribution is 0.402. The van der Waals surface area contributed by atoms with Crippen molar-refractivity contribution in [2.24, 2.45) is 0 Å². The molecular formula is C16H16N2O2. The van der Waals surface area contributed by atoms with Gasteiger partial charge >= 0.3 is 0 Å². The molecule has 1 N–H and O–H groups in total. The monoisotopic (exact) mass is 268 g/mol. The summed E-state index contributed by atoms with van der Waals surface area (Å²) in [6.45, 7) is 0.637. The van der Waals surface area contributed by atoms with Gasteiger partial charge in [-0.1, -0.05) is 18.2 Å². The van der Waals surface area contributed by atoms with Crippen molar-refractivity contribution < 1.29 is 4.74 Å². The molecule has 4 heteroatoms. The minimum Gasteiger partial charge on any atom is -0.491 e. The summed E-state index contributed by atoms with van der Waals surface area (Å²) in [5.41, 5.74) is 2.26. The number of hydrogen-bond donors (Lipinski definition) is 1. The first kappa shape index (κ1) is 12.5. The smallest absolute Gasteiger partial charge is 0.292 e. The third kappa shape index (κ3) is 2.20. The molecule has 0 saturated carbocycles. The maximum atomic E-state index is 12.1. The van der Waals surface area contributed by atoms with E-state index in [0.717, 1.165) is 11.9 Å². The maximum Gasteiger partial charge on any atom is 0.292 e. The van der Waals surface area contributed by atoms with Crippen LogP contribution in [-0.2, 0) is 13.0 Å². The van der Waals surface area contributed by atoms with Crippen LogP contribution in [0.1, 0.15) is 5.56 Å². The number of hydrogen-bond acceptors (Lipinski definition) is 2. The first-order chi connectivity index (χ1) is 9.79. The van der Waals surface area contributed by atoms with Crippen LogP contribution in [0.15, 0.2) is 53.6 Å². The molecule has 0 spiro atoms. The number of methoxy groups -OCH3 is 1. The van der Waals surface area contributed by atoms with Crippen LogP contribution in [-0.4, -0.2) is 16.7 Å². The first-order valence-electron chi connectivity index (χ1n) is 6.58. The van der Waals surface area contributed by atoms with E-state index in [1.165, 1.54) is 18.1 Å². The Morgan fingerprint density at radius 1 is 1.20 bits per heavy atom. The molecule has 0 saturated heterocycles. The normalized spacial score (nSPS) is 10.8. The van der Waals surface area contributed by atoms with Crippen LogP contribution in [0, 0.1) is 0 Å². The zero-order valence-corrected chi connectivity index (χ0v) is 11.3. The second-order valence-corrected chi connectivity index (χ2v) is 4.68. The maximum absolute atomic E-state index is 12.1. The molecule has 0 amide bonds. The van der Waals surface area contributed by atoms with Crippen LogP contribution in [0.25, 0.3) is 10.9 Å². The molecule has 0 aliphatic rings. The highest BCUT2D eigenvalue weighted by Gasteiger charge is 2.05. The lowest BCUT2D eigenvalue weighted by atomic mass is 10.1. The van der Waals surface area contributed by atoms with Gasteiger partial charge in [-0.15, -0.1) is 0 Å². The van der Waals surface area contributed by atoms with Crippen molar-refractivity contribution in [1.82, 2.24) is 9.55 Å². The first-order valence-corrected chi connectivity index (χ1v) is 6.58. The fraction of sp³-hybridized carbons (Fsp3) is 0.188. The van der Waals surface area contributed by atoms with Crippen molar-refractivity contribution in [3.05, 3.63) is 64.7 Å². The molecule has 1 aromatic carbocycles. The molecule has 20 heavy (non-hydrogen) atoms. The van der Waals surface area contributed by atoms with E-state index in [9.17, 15) is 4.79 Å². The summed E-state index contributed by atoms with van der Waals surface area (Å²) in [4.78, 5) is 15.3. The number of aryl methyl sites for hydroxylation is 2. The van der Waals surface area contributed by atoms with E-state index in [-0.39, 0.29) is 5.56 Å². The van der Waals surface area contributed by atoms with E-state index < -0.39 is 0 Å². The van der Waals surface area contributed by atoms with Gasteiger partial charge in [-0.25, -0.2) is 0 Å². The summed E-state index contributed by atoms with van der Waals surface area (Å²) in [5.74, 6) is 0.381. The van der Waals surface area contributed by atoms with Crippen molar-refractivity contribution in [3.63, 3.8) is 0 Å². The summed E-state index contributed by atoms with van der Waals surface area (Å²) in [6, 6.07) is 11.7. The minimum atomic E-state index is -0.0881. The Labute approximate surface area is 116 Å². The molecule has 102 valence electrons. The summed E-state index contributed by atoms with van der Waals surface area (Å²) in [6.07, 6.45) is 4.60. The highest BCUT2D eigenvalue weighted by atomic mass is 16.5. The van der Waals surface area contributed by atoms with Gasteiger partial charge in [0.05, 0.1) is 7.11 Å². The molecule has 0 unspecified atom stereocenters. The predicted octanol–water partition coefficient (Wildman–Crippen LogP) is 2.58. The third-order valence-corrected chi connectivity index (χ3v) is 3.50. The van der Waals surface area contributed by atoms with Crippen LogP contribution in [0.5, 0.6) is 5.75 Å². The van der Waals surface area contributed by atoms with Crippen LogP contribution < -0.4 is 10.3 Å². The number of para-hydroxylation sites is 1. The molecule has 0 aliphatic heterocycles. The lowest BCUT2D eigenvalue weighted by Crippen LogP contribution is -2.21.